The monoisotopic (exact) mass is 352 g/mol. The molecular weight excluding hydrogens is 336 g/mol. The number of carbonyl (C=O) groups excluding carboxylic acids is 1. The lowest BCUT2D eigenvalue weighted by Crippen LogP contribution is -2.15. The molecule has 0 aliphatic rings. The predicted molar refractivity (Wildman–Crippen MR) is 80.9 cm³/mol. The molecule has 21 heavy (non-hydrogen) atoms. The molecule has 2 aromatic rings. The first-order chi connectivity index (χ1) is 10.1. The molecule has 0 amide bonds. The van der Waals surface area contributed by atoms with Gasteiger partial charge in [-0.2, -0.15) is 4.98 Å². The minimum Gasteiger partial charge on any atom is -0.465 e. The van der Waals surface area contributed by atoms with Gasteiger partial charge in [-0.15, -0.1) is 0 Å². The molecule has 1 heterocycles. The van der Waals surface area contributed by atoms with Crippen molar-refractivity contribution in [3.05, 3.63) is 46.0 Å². The first-order valence-electron chi connectivity index (χ1n) is 6.87. The zero-order valence-electron chi connectivity index (χ0n) is 12.0. The van der Waals surface area contributed by atoms with E-state index >= 15 is 0 Å². The number of aromatic nitrogens is 2. The quantitative estimate of drug-likeness (QED) is 0.744. The van der Waals surface area contributed by atoms with Gasteiger partial charge in [-0.05, 0) is 31.0 Å². The Labute approximate surface area is 131 Å². The van der Waals surface area contributed by atoms with E-state index in [2.05, 4.69) is 26.1 Å². The highest BCUT2D eigenvalue weighted by Gasteiger charge is 2.26. The second-order valence-electron chi connectivity index (χ2n) is 4.56. The average Bonchev–Trinajstić information content (AvgIpc) is 2.91. The number of nitrogens with zero attached hydrogens (tertiary/aromatic N) is 2. The highest BCUT2D eigenvalue weighted by molar-refractivity contribution is 9.10. The van der Waals surface area contributed by atoms with E-state index in [-0.39, 0.29) is 5.97 Å². The summed E-state index contributed by atoms with van der Waals surface area (Å²) in [5.74, 6) is 0.0769. The number of esters is 1. The van der Waals surface area contributed by atoms with Crippen LogP contribution in [0.15, 0.2) is 33.3 Å². The van der Waals surface area contributed by atoms with Gasteiger partial charge in [0.25, 0.3) is 0 Å². The Balaban J connectivity index is 2.09. The summed E-state index contributed by atoms with van der Waals surface area (Å²) in [6, 6.07) is 7.90. The van der Waals surface area contributed by atoms with Crippen LogP contribution in [0.1, 0.15) is 43.5 Å². The van der Waals surface area contributed by atoms with E-state index in [4.69, 9.17) is 9.26 Å². The van der Waals surface area contributed by atoms with Crippen LogP contribution in [0.4, 0.5) is 0 Å². The van der Waals surface area contributed by atoms with Gasteiger partial charge in [-0.25, -0.2) is 0 Å². The lowest BCUT2D eigenvalue weighted by molar-refractivity contribution is -0.145. The summed E-state index contributed by atoms with van der Waals surface area (Å²) < 4.78 is 11.2. The number of carbonyl (C=O) groups is 1. The molecule has 1 aromatic heterocycles. The smallest absolute Gasteiger partial charge is 0.318 e. The van der Waals surface area contributed by atoms with Gasteiger partial charge in [0.15, 0.2) is 5.82 Å². The van der Waals surface area contributed by atoms with Crippen LogP contribution in [0.5, 0.6) is 0 Å². The largest absolute Gasteiger partial charge is 0.465 e. The van der Waals surface area contributed by atoms with E-state index < -0.39 is 5.92 Å². The average molecular weight is 353 g/mol. The molecule has 5 nitrogen and oxygen atoms in total. The Kier molecular flexibility index (Phi) is 5.50. The van der Waals surface area contributed by atoms with E-state index in [1.54, 1.807) is 6.92 Å². The van der Waals surface area contributed by atoms with Crippen molar-refractivity contribution in [2.45, 2.75) is 32.6 Å². The Morgan fingerprint density at radius 1 is 1.33 bits per heavy atom. The van der Waals surface area contributed by atoms with Crippen molar-refractivity contribution >= 4 is 21.9 Å². The standard InChI is InChI=1S/C15H17BrN2O3/c1-3-12(15(19)20-4-2)14-17-13(18-21-14)9-10-5-7-11(16)8-6-10/h5-8,12H,3-4,9H2,1-2H3. The molecule has 0 N–H and O–H groups in total. The lowest BCUT2D eigenvalue weighted by Gasteiger charge is -2.08. The van der Waals surface area contributed by atoms with Gasteiger partial charge in [-0.1, -0.05) is 40.1 Å². The van der Waals surface area contributed by atoms with Crippen LogP contribution in [0.2, 0.25) is 0 Å². The van der Waals surface area contributed by atoms with Crippen LogP contribution in [-0.2, 0) is 16.0 Å². The van der Waals surface area contributed by atoms with E-state index in [0.29, 0.717) is 31.2 Å². The maximum absolute atomic E-state index is 11.8. The summed E-state index contributed by atoms with van der Waals surface area (Å²) in [6.45, 7) is 4.01. The molecule has 0 spiro atoms. The minimum atomic E-state index is -0.490. The molecule has 1 unspecified atom stereocenters. The number of hydrogen-bond acceptors (Lipinski definition) is 5. The topological polar surface area (TPSA) is 65.2 Å². The van der Waals surface area contributed by atoms with Crippen LogP contribution in [0, 0.1) is 0 Å². The predicted octanol–water partition coefficient (Wildman–Crippen LogP) is 3.48. The number of hydrogen-bond donors (Lipinski definition) is 0. The normalized spacial score (nSPS) is 12.1. The van der Waals surface area contributed by atoms with Gasteiger partial charge in [0.2, 0.25) is 5.89 Å². The zero-order chi connectivity index (χ0) is 15.2. The van der Waals surface area contributed by atoms with Crippen molar-refractivity contribution in [2.75, 3.05) is 6.61 Å². The highest BCUT2D eigenvalue weighted by atomic mass is 79.9. The lowest BCUT2D eigenvalue weighted by atomic mass is 10.1. The van der Waals surface area contributed by atoms with Crippen LogP contribution < -0.4 is 0 Å². The second-order valence-corrected chi connectivity index (χ2v) is 5.48. The Morgan fingerprint density at radius 2 is 2.05 bits per heavy atom. The zero-order valence-corrected chi connectivity index (χ0v) is 13.6. The molecule has 1 aromatic carbocycles. The number of halogens is 1. The van der Waals surface area contributed by atoms with Gasteiger partial charge < -0.3 is 9.26 Å². The Morgan fingerprint density at radius 3 is 2.67 bits per heavy atom. The third kappa shape index (κ3) is 4.14. The molecule has 0 radical (unpaired) electrons. The molecule has 0 aliphatic heterocycles. The number of benzene rings is 1. The van der Waals surface area contributed by atoms with E-state index in [0.717, 1.165) is 10.0 Å². The first kappa shape index (κ1) is 15.7. The molecule has 0 bridgehead atoms. The van der Waals surface area contributed by atoms with Crippen LogP contribution >= 0.6 is 15.9 Å². The molecule has 0 aliphatic carbocycles. The van der Waals surface area contributed by atoms with Crippen molar-refractivity contribution in [3.63, 3.8) is 0 Å². The molecule has 0 fully saturated rings. The van der Waals surface area contributed by atoms with Crippen molar-refractivity contribution < 1.29 is 14.1 Å². The first-order valence-corrected chi connectivity index (χ1v) is 7.66. The number of rotatable bonds is 6. The van der Waals surface area contributed by atoms with Crippen molar-refractivity contribution in [1.82, 2.24) is 10.1 Å². The van der Waals surface area contributed by atoms with Gasteiger partial charge in [0.1, 0.15) is 5.92 Å². The summed E-state index contributed by atoms with van der Waals surface area (Å²) in [5, 5.41) is 3.94. The van der Waals surface area contributed by atoms with Gasteiger partial charge >= 0.3 is 5.97 Å². The second kappa shape index (κ2) is 7.36. The fourth-order valence-electron chi connectivity index (χ4n) is 1.95. The van der Waals surface area contributed by atoms with Crippen LogP contribution in [-0.4, -0.2) is 22.7 Å². The van der Waals surface area contributed by atoms with Gasteiger partial charge in [0, 0.05) is 10.9 Å². The molecule has 112 valence electrons. The van der Waals surface area contributed by atoms with E-state index in [9.17, 15) is 4.79 Å². The minimum absolute atomic E-state index is 0.321. The molecular formula is C15H17BrN2O3. The number of ether oxygens (including phenoxy) is 1. The molecule has 1 atom stereocenters. The maximum Gasteiger partial charge on any atom is 0.318 e. The van der Waals surface area contributed by atoms with Crippen LogP contribution in [0.25, 0.3) is 0 Å². The summed E-state index contributed by atoms with van der Waals surface area (Å²) in [4.78, 5) is 16.1. The van der Waals surface area contributed by atoms with Gasteiger partial charge in [-0.3, -0.25) is 4.79 Å². The molecule has 0 saturated heterocycles. The molecule has 6 heteroatoms. The Hall–Kier alpha value is -1.69. The van der Waals surface area contributed by atoms with Crippen molar-refractivity contribution in [2.24, 2.45) is 0 Å². The fraction of sp³-hybridized carbons (Fsp3) is 0.400. The van der Waals surface area contributed by atoms with E-state index in [1.807, 2.05) is 31.2 Å². The third-order valence-electron chi connectivity index (χ3n) is 3.04. The summed E-state index contributed by atoms with van der Waals surface area (Å²) in [5.41, 5.74) is 1.08. The third-order valence-corrected chi connectivity index (χ3v) is 3.57. The summed E-state index contributed by atoms with van der Waals surface area (Å²) in [6.07, 6.45) is 1.13. The summed E-state index contributed by atoms with van der Waals surface area (Å²) >= 11 is 3.39. The van der Waals surface area contributed by atoms with E-state index in [1.165, 1.54) is 0 Å². The van der Waals surface area contributed by atoms with Crippen molar-refractivity contribution in [3.8, 4) is 0 Å². The maximum atomic E-state index is 11.8. The van der Waals surface area contributed by atoms with Gasteiger partial charge in [0.05, 0.1) is 6.61 Å². The van der Waals surface area contributed by atoms with Crippen LogP contribution in [0.3, 0.4) is 0 Å². The highest BCUT2D eigenvalue weighted by Crippen LogP contribution is 2.20. The van der Waals surface area contributed by atoms with Crippen molar-refractivity contribution in [1.29, 1.82) is 0 Å². The molecule has 2 rings (SSSR count). The summed E-state index contributed by atoms with van der Waals surface area (Å²) in [7, 11) is 0. The molecule has 0 saturated carbocycles. The Bertz CT molecular complexity index is 595. The SMILES string of the molecule is CCOC(=O)C(CC)c1nc(Cc2ccc(Br)cc2)no1. The fourth-order valence-corrected chi connectivity index (χ4v) is 2.21.